The zero-order valence-electron chi connectivity index (χ0n) is 11.2. The fraction of sp³-hybridized carbons (Fsp3) is 0.333. The number of benzene rings is 1. The molecule has 20 heavy (non-hydrogen) atoms. The second-order valence-corrected chi connectivity index (χ2v) is 6.04. The fourth-order valence-electron chi connectivity index (χ4n) is 1.40. The molecule has 0 spiro atoms. The van der Waals surface area contributed by atoms with Crippen molar-refractivity contribution in [3.63, 3.8) is 0 Å². The molecular weight excluding hydrogens is 284 g/mol. The van der Waals surface area contributed by atoms with Gasteiger partial charge in [0.25, 0.3) is 0 Å². The molecule has 0 saturated carbocycles. The van der Waals surface area contributed by atoms with E-state index in [2.05, 4.69) is 4.72 Å². The van der Waals surface area contributed by atoms with Crippen molar-refractivity contribution >= 4 is 21.9 Å². The molecule has 0 saturated heterocycles. The molecule has 8 heteroatoms. The van der Waals surface area contributed by atoms with Crippen LogP contribution in [-0.4, -0.2) is 50.9 Å². The molecule has 0 atom stereocenters. The van der Waals surface area contributed by atoms with Gasteiger partial charge in [0.1, 0.15) is 0 Å². The van der Waals surface area contributed by atoms with E-state index in [1.54, 1.807) is 14.1 Å². The van der Waals surface area contributed by atoms with Crippen LogP contribution in [0.1, 0.15) is 16.8 Å². The lowest BCUT2D eigenvalue weighted by Gasteiger charge is -2.11. The number of amides is 1. The zero-order chi connectivity index (χ0) is 15.3. The maximum absolute atomic E-state index is 11.9. The molecule has 0 fully saturated rings. The normalized spacial score (nSPS) is 11.1. The summed E-state index contributed by atoms with van der Waals surface area (Å²) in [6, 6.07) is 5.01. The zero-order valence-corrected chi connectivity index (χ0v) is 12.0. The highest BCUT2D eigenvalue weighted by molar-refractivity contribution is 7.89. The number of aromatic carboxylic acids is 1. The van der Waals surface area contributed by atoms with Gasteiger partial charge in [-0.15, -0.1) is 0 Å². The molecule has 7 nitrogen and oxygen atoms in total. The van der Waals surface area contributed by atoms with Gasteiger partial charge in [0.15, 0.2) is 0 Å². The minimum Gasteiger partial charge on any atom is -0.478 e. The third-order valence-electron chi connectivity index (χ3n) is 2.52. The number of hydrogen-bond acceptors (Lipinski definition) is 4. The van der Waals surface area contributed by atoms with E-state index in [1.165, 1.54) is 23.1 Å². The van der Waals surface area contributed by atoms with Gasteiger partial charge >= 0.3 is 5.97 Å². The lowest BCUT2D eigenvalue weighted by Crippen LogP contribution is -2.30. The van der Waals surface area contributed by atoms with Crippen LogP contribution in [0, 0.1) is 0 Å². The minimum absolute atomic E-state index is 0.0326. The van der Waals surface area contributed by atoms with Gasteiger partial charge in [0.2, 0.25) is 15.9 Å². The molecule has 1 amide bonds. The van der Waals surface area contributed by atoms with Crippen LogP contribution in [0.4, 0.5) is 0 Å². The van der Waals surface area contributed by atoms with Gasteiger partial charge in [-0.3, -0.25) is 4.79 Å². The van der Waals surface area contributed by atoms with E-state index in [0.717, 1.165) is 6.07 Å². The molecule has 0 unspecified atom stereocenters. The van der Waals surface area contributed by atoms with Crippen LogP contribution >= 0.6 is 0 Å². The Balaban J connectivity index is 2.77. The third-order valence-corrected chi connectivity index (χ3v) is 3.98. The van der Waals surface area contributed by atoms with Crippen LogP contribution in [-0.2, 0) is 14.8 Å². The van der Waals surface area contributed by atoms with Crippen LogP contribution in [0.5, 0.6) is 0 Å². The smallest absolute Gasteiger partial charge is 0.335 e. The Morgan fingerprint density at radius 1 is 1.30 bits per heavy atom. The van der Waals surface area contributed by atoms with Gasteiger partial charge in [0.05, 0.1) is 10.5 Å². The van der Waals surface area contributed by atoms with Gasteiger partial charge in [0, 0.05) is 27.1 Å². The van der Waals surface area contributed by atoms with Crippen LogP contribution < -0.4 is 4.72 Å². The maximum Gasteiger partial charge on any atom is 0.335 e. The van der Waals surface area contributed by atoms with E-state index in [0.29, 0.717) is 0 Å². The molecule has 1 rings (SSSR count). The summed E-state index contributed by atoms with van der Waals surface area (Å²) in [5.74, 6) is -1.41. The standard InChI is InChI=1S/C12H16N2O5S/c1-14(2)11(15)6-7-13-20(18,19)10-5-3-4-9(8-10)12(16)17/h3-5,8,13H,6-7H2,1-2H3,(H,16,17). The first-order valence-corrected chi connectivity index (χ1v) is 7.25. The third kappa shape index (κ3) is 4.32. The van der Waals surface area contributed by atoms with Crippen LogP contribution in [0.3, 0.4) is 0 Å². The van der Waals surface area contributed by atoms with Gasteiger partial charge in [-0.25, -0.2) is 17.9 Å². The number of hydrogen-bond donors (Lipinski definition) is 2. The molecule has 1 aromatic carbocycles. The highest BCUT2D eigenvalue weighted by Gasteiger charge is 2.16. The number of nitrogens with one attached hydrogen (secondary N) is 1. The Hall–Kier alpha value is -1.93. The lowest BCUT2D eigenvalue weighted by atomic mass is 10.2. The van der Waals surface area contributed by atoms with Crippen molar-refractivity contribution in [3.8, 4) is 0 Å². The molecule has 110 valence electrons. The highest BCUT2D eigenvalue weighted by Crippen LogP contribution is 2.11. The number of sulfonamides is 1. The van der Waals surface area contributed by atoms with E-state index >= 15 is 0 Å². The Labute approximate surface area is 117 Å². The van der Waals surface area contributed by atoms with Crippen molar-refractivity contribution in [3.05, 3.63) is 29.8 Å². The van der Waals surface area contributed by atoms with Gasteiger partial charge < -0.3 is 10.0 Å². The van der Waals surface area contributed by atoms with Crippen molar-refractivity contribution in [2.75, 3.05) is 20.6 Å². The van der Waals surface area contributed by atoms with Crippen molar-refractivity contribution < 1.29 is 23.1 Å². The second-order valence-electron chi connectivity index (χ2n) is 4.27. The summed E-state index contributed by atoms with van der Waals surface area (Å²) >= 11 is 0. The molecule has 0 bridgehead atoms. The SMILES string of the molecule is CN(C)C(=O)CCNS(=O)(=O)c1cccc(C(=O)O)c1. The summed E-state index contributed by atoms with van der Waals surface area (Å²) < 4.78 is 26.1. The Bertz CT molecular complexity index is 610. The first-order chi connectivity index (χ1) is 9.24. The summed E-state index contributed by atoms with van der Waals surface area (Å²) in [7, 11) is -0.669. The van der Waals surface area contributed by atoms with E-state index in [-0.39, 0.29) is 29.3 Å². The fourth-order valence-corrected chi connectivity index (χ4v) is 2.47. The average Bonchev–Trinajstić information content (AvgIpc) is 2.38. The summed E-state index contributed by atoms with van der Waals surface area (Å²) in [6.07, 6.45) is 0.0326. The quantitative estimate of drug-likeness (QED) is 0.778. The predicted molar refractivity (Wildman–Crippen MR) is 71.9 cm³/mol. The van der Waals surface area contributed by atoms with Crippen molar-refractivity contribution in [1.29, 1.82) is 0 Å². The topological polar surface area (TPSA) is 104 Å². The monoisotopic (exact) mass is 300 g/mol. The molecule has 0 aliphatic heterocycles. The predicted octanol–water partition coefficient (Wildman–Crippen LogP) is 0.141. The Morgan fingerprint density at radius 2 is 1.95 bits per heavy atom. The summed E-state index contributed by atoms with van der Waals surface area (Å²) in [5, 5.41) is 8.82. The lowest BCUT2D eigenvalue weighted by molar-refractivity contribution is -0.128. The van der Waals surface area contributed by atoms with E-state index in [1.807, 2.05) is 0 Å². The van der Waals surface area contributed by atoms with Crippen molar-refractivity contribution in [2.45, 2.75) is 11.3 Å². The number of carbonyl (C=O) groups is 2. The van der Waals surface area contributed by atoms with Crippen molar-refractivity contribution in [2.24, 2.45) is 0 Å². The summed E-state index contributed by atoms with van der Waals surface area (Å²) in [4.78, 5) is 23.3. The van der Waals surface area contributed by atoms with Crippen molar-refractivity contribution in [1.82, 2.24) is 9.62 Å². The number of rotatable bonds is 6. The number of carboxylic acids is 1. The molecule has 1 aromatic rings. The van der Waals surface area contributed by atoms with Gasteiger partial charge in [-0.05, 0) is 18.2 Å². The minimum atomic E-state index is -3.82. The second kappa shape index (κ2) is 6.49. The van der Waals surface area contributed by atoms with E-state index in [4.69, 9.17) is 5.11 Å². The van der Waals surface area contributed by atoms with Crippen LogP contribution in [0.25, 0.3) is 0 Å². The summed E-state index contributed by atoms with van der Waals surface area (Å²) in [6.45, 7) is -0.0450. The molecule has 0 aliphatic carbocycles. The molecule has 0 aliphatic rings. The largest absolute Gasteiger partial charge is 0.478 e. The summed E-state index contributed by atoms with van der Waals surface area (Å²) in [5.41, 5.74) is -0.114. The first-order valence-electron chi connectivity index (χ1n) is 5.77. The Kier molecular flexibility index (Phi) is 5.23. The molecule has 0 aromatic heterocycles. The van der Waals surface area contributed by atoms with E-state index < -0.39 is 16.0 Å². The molecule has 0 radical (unpaired) electrons. The molecular formula is C12H16N2O5S. The van der Waals surface area contributed by atoms with E-state index in [9.17, 15) is 18.0 Å². The first kappa shape index (κ1) is 16.1. The maximum atomic E-state index is 11.9. The highest BCUT2D eigenvalue weighted by atomic mass is 32.2. The molecule has 0 heterocycles. The number of carbonyl (C=O) groups excluding carboxylic acids is 1. The number of carboxylic acid groups (broad SMARTS) is 1. The average molecular weight is 300 g/mol. The Morgan fingerprint density at radius 3 is 2.50 bits per heavy atom. The molecule has 2 N–H and O–H groups in total. The van der Waals surface area contributed by atoms with Crippen LogP contribution in [0.2, 0.25) is 0 Å². The van der Waals surface area contributed by atoms with Crippen LogP contribution in [0.15, 0.2) is 29.2 Å². The van der Waals surface area contributed by atoms with Gasteiger partial charge in [-0.1, -0.05) is 6.07 Å². The van der Waals surface area contributed by atoms with Gasteiger partial charge in [-0.2, -0.15) is 0 Å². The number of nitrogens with zero attached hydrogens (tertiary/aromatic N) is 1.